The van der Waals surface area contributed by atoms with Gasteiger partial charge in [0.05, 0.1) is 6.04 Å². The summed E-state index contributed by atoms with van der Waals surface area (Å²) in [6.45, 7) is 1.94. The zero-order valence-corrected chi connectivity index (χ0v) is 13.2. The molecule has 0 aliphatic rings. The molecule has 100 valence electrons. The Morgan fingerprint density at radius 1 is 1.26 bits per heavy atom. The van der Waals surface area contributed by atoms with Gasteiger partial charge >= 0.3 is 0 Å². The zero-order valence-electron chi connectivity index (χ0n) is 10.3. The molecular weight excluding hydrogens is 378 g/mol. The number of halogens is 3. The van der Waals surface area contributed by atoms with Gasteiger partial charge in [0, 0.05) is 8.59 Å². The molecule has 0 aliphatic carbocycles. The molecule has 0 heterocycles. The number of hydrogen-bond donors (Lipinski definition) is 2. The third-order valence-electron chi connectivity index (χ3n) is 2.97. The number of benzene rings is 2. The smallest absolute Gasteiger partial charge is 0.124 e. The number of hydrazine groups is 1. The first kappa shape index (κ1) is 14.7. The highest BCUT2D eigenvalue weighted by Crippen LogP contribution is 2.28. The molecule has 2 aromatic carbocycles. The third-order valence-corrected chi connectivity index (χ3v) is 4.31. The zero-order chi connectivity index (χ0) is 14.0. The summed E-state index contributed by atoms with van der Waals surface area (Å²) >= 11 is 8.24. The van der Waals surface area contributed by atoms with E-state index in [-0.39, 0.29) is 11.9 Å². The molecule has 2 nitrogen and oxygen atoms in total. The van der Waals surface area contributed by atoms with Crippen LogP contribution in [0.25, 0.3) is 0 Å². The van der Waals surface area contributed by atoms with E-state index >= 15 is 0 Å². The molecule has 2 rings (SSSR count). The van der Waals surface area contributed by atoms with Gasteiger partial charge in [0.25, 0.3) is 0 Å². The molecule has 0 spiro atoms. The topological polar surface area (TPSA) is 38.0 Å². The summed E-state index contributed by atoms with van der Waals surface area (Å²) in [6, 6.07) is 10.2. The molecule has 1 atom stereocenters. The van der Waals surface area contributed by atoms with Crippen LogP contribution in [0, 0.1) is 16.3 Å². The molecule has 0 fully saturated rings. The van der Waals surface area contributed by atoms with Crippen molar-refractivity contribution < 1.29 is 4.39 Å². The molecule has 3 N–H and O–H groups in total. The number of aryl methyl sites for hydroxylation is 1. The van der Waals surface area contributed by atoms with Crippen molar-refractivity contribution in [3.63, 3.8) is 0 Å². The molecule has 19 heavy (non-hydrogen) atoms. The van der Waals surface area contributed by atoms with Crippen molar-refractivity contribution in [1.82, 2.24) is 5.43 Å². The summed E-state index contributed by atoms with van der Waals surface area (Å²) in [6.07, 6.45) is 0. The van der Waals surface area contributed by atoms with Gasteiger partial charge in [0.15, 0.2) is 0 Å². The average molecular weight is 391 g/mol. The summed E-state index contributed by atoms with van der Waals surface area (Å²) in [7, 11) is 0. The van der Waals surface area contributed by atoms with Gasteiger partial charge in [-0.05, 0) is 64.4 Å². The fourth-order valence-electron chi connectivity index (χ4n) is 1.89. The molecular formula is C14H13ClFIN2. The van der Waals surface area contributed by atoms with Crippen LogP contribution < -0.4 is 11.3 Å². The molecule has 5 heteroatoms. The van der Waals surface area contributed by atoms with Crippen LogP contribution in [0.4, 0.5) is 4.39 Å². The third kappa shape index (κ3) is 3.25. The van der Waals surface area contributed by atoms with Gasteiger partial charge in [0.1, 0.15) is 5.82 Å². The van der Waals surface area contributed by atoms with Crippen LogP contribution in [0.15, 0.2) is 36.4 Å². The van der Waals surface area contributed by atoms with Gasteiger partial charge in [-0.15, -0.1) is 0 Å². The van der Waals surface area contributed by atoms with Crippen molar-refractivity contribution in [2.45, 2.75) is 13.0 Å². The Morgan fingerprint density at radius 3 is 2.58 bits per heavy atom. The second-order valence-corrected chi connectivity index (χ2v) is 5.84. The summed E-state index contributed by atoms with van der Waals surface area (Å²) in [5.41, 5.74) is 5.63. The summed E-state index contributed by atoms with van der Waals surface area (Å²) in [4.78, 5) is 0. The van der Waals surface area contributed by atoms with Crippen LogP contribution in [-0.2, 0) is 0 Å². The van der Waals surface area contributed by atoms with E-state index in [0.29, 0.717) is 5.02 Å². The maximum atomic E-state index is 13.2. The van der Waals surface area contributed by atoms with Gasteiger partial charge < -0.3 is 0 Å². The molecule has 0 saturated carbocycles. The minimum absolute atomic E-state index is 0.217. The van der Waals surface area contributed by atoms with Gasteiger partial charge in [-0.1, -0.05) is 29.8 Å². The van der Waals surface area contributed by atoms with E-state index in [0.717, 1.165) is 20.3 Å². The van der Waals surface area contributed by atoms with Gasteiger partial charge in [-0.3, -0.25) is 5.84 Å². The molecule has 2 aromatic rings. The standard InChI is InChI=1S/C14H13ClFIN2/c1-8-2-3-9(6-12(8)15)14(19-18)11-5-4-10(16)7-13(11)17/h2-7,14,19H,18H2,1H3. The first-order chi connectivity index (χ1) is 9.02. The Bertz CT molecular complexity index is 604. The molecule has 0 aromatic heterocycles. The number of nitrogens with one attached hydrogen (secondary N) is 1. The molecule has 0 radical (unpaired) electrons. The molecule has 0 aliphatic heterocycles. The van der Waals surface area contributed by atoms with E-state index in [1.807, 2.05) is 25.1 Å². The lowest BCUT2D eigenvalue weighted by Crippen LogP contribution is -2.29. The predicted octanol–water partition coefficient (Wildman–Crippen LogP) is 3.94. The maximum Gasteiger partial charge on any atom is 0.124 e. The second-order valence-electron chi connectivity index (χ2n) is 4.27. The lowest BCUT2D eigenvalue weighted by molar-refractivity contribution is 0.612. The van der Waals surface area contributed by atoms with Crippen molar-refractivity contribution in [2.24, 2.45) is 5.84 Å². The van der Waals surface area contributed by atoms with E-state index in [9.17, 15) is 4.39 Å². The number of rotatable bonds is 3. The van der Waals surface area contributed by atoms with Crippen LogP contribution in [0.2, 0.25) is 5.02 Å². The SMILES string of the molecule is Cc1ccc(C(NN)c2ccc(F)cc2I)cc1Cl. The second kappa shape index (κ2) is 6.17. The highest BCUT2D eigenvalue weighted by atomic mass is 127. The minimum atomic E-state index is -0.258. The van der Waals surface area contributed by atoms with Gasteiger partial charge in [0.2, 0.25) is 0 Å². The van der Waals surface area contributed by atoms with Crippen molar-refractivity contribution >= 4 is 34.2 Å². The minimum Gasteiger partial charge on any atom is -0.271 e. The number of hydrogen-bond acceptors (Lipinski definition) is 2. The molecule has 0 saturated heterocycles. The average Bonchev–Trinajstić information content (AvgIpc) is 2.37. The highest BCUT2D eigenvalue weighted by Gasteiger charge is 2.16. The summed E-state index contributed by atoms with van der Waals surface area (Å²) in [5, 5.41) is 0.690. The maximum absolute atomic E-state index is 13.2. The Hall–Kier alpha value is -0.690. The van der Waals surface area contributed by atoms with Crippen LogP contribution >= 0.6 is 34.2 Å². The van der Waals surface area contributed by atoms with E-state index in [1.54, 1.807) is 6.07 Å². The first-order valence-electron chi connectivity index (χ1n) is 5.70. The summed E-state index contributed by atoms with van der Waals surface area (Å²) < 4.78 is 14.0. The Labute approximate surface area is 130 Å². The van der Waals surface area contributed by atoms with E-state index < -0.39 is 0 Å². The Kier molecular flexibility index (Phi) is 4.78. The van der Waals surface area contributed by atoms with Crippen LogP contribution in [0.5, 0.6) is 0 Å². The predicted molar refractivity (Wildman–Crippen MR) is 84.5 cm³/mol. The van der Waals surface area contributed by atoms with Gasteiger partial charge in [-0.2, -0.15) is 0 Å². The van der Waals surface area contributed by atoms with Crippen molar-refractivity contribution in [3.05, 3.63) is 67.5 Å². The van der Waals surface area contributed by atoms with Crippen molar-refractivity contribution in [1.29, 1.82) is 0 Å². The highest BCUT2D eigenvalue weighted by molar-refractivity contribution is 14.1. The van der Waals surface area contributed by atoms with E-state index in [1.165, 1.54) is 12.1 Å². The summed E-state index contributed by atoms with van der Waals surface area (Å²) in [5.74, 6) is 5.38. The molecule has 0 amide bonds. The lowest BCUT2D eigenvalue weighted by atomic mass is 9.98. The van der Waals surface area contributed by atoms with Crippen molar-refractivity contribution in [3.8, 4) is 0 Å². The fourth-order valence-corrected chi connectivity index (χ4v) is 2.87. The quantitative estimate of drug-likeness (QED) is 0.473. The van der Waals surface area contributed by atoms with E-state index in [4.69, 9.17) is 17.4 Å². The Morgan fingerprint density at radius 2 is 2.00 bits per heavy atom. The normalized spacial score (nSPS) is 12.5. The molecule has 0 bridgehead atoms. The number of nitrogens with two attached hydrogens (primary N) is 1. The Balaban J connectivity index is 2.46. The van der Waals surface area contributed by atoms with E-state index in [2.05, 4.69) is 28.0 Å². The largest absolute Gasteiger partial charge is 0.271 e. The van der Waals surface area contributed by atoms with Crippen LogP contribution in [0.1, 0.15) is 22.7 Å². The van der Waals surface area contributed by atoms with Crippen molar-refractivity contribution in [2.75, 3.05) is 0 Å². The molecule has 1 unspecified atom stereocenters. The van der Waals surface area contributed by atoms with Gasteiger partial charge in [-0.25, -0.2) is 9.82 Å². The fraction of sp³-hybridized carbons (Fsp3) is 0.143. The monoisotopic (exact) mass is 390 g/mol. The van der Waals surface area contributed by atoms with Crippen LogP contribution in [-0.4, -0.2) is 0 Å². The first-order valence-corrected chi connectivity index (χ1v) is 7.15. The van der Waals surface area contributed by atoms with Crippen LogP contribution in [0.3, 0.4) is 0 Å². The lowest BCUT2D eigenvalue weighted by Gasteiger charge is -2.19.